The van der Waals surface area contributed by atoms with E-state index in [0.717, 1.165) is 18.6 Å². The van der Waals surface area contributed by atoms with Crippen LogP contribution < -0.4 is 5.32 Å². The van der Waals surface area contributed by atoms with E-state index in [1.165, 1.54) is 23.5 Å². The molecule has 0 spiro atoms. The van der Waals surface area contributed by atoms with Crippen LogP contribution >= 0.6 is 11.3 Å². The zero-order valence-electron chi connectivity index (χ0n) is 14.2. The molecule has 2 fully saturated rings. The molecule has 0 radical (unpaired) electrons. The number of amides is 2. The summed E-state index contributed by atoms with van der Waals surface area (Å²) in [6.45, 7) is 0.514. The third kappa shape index (κ3) is 3.45. The number of hydrogen-bond donors (Lipinski definition) is 1. The summed E-state index contributed by atoms with van der Waals surface area (Å²) in [7, 11) is 0. The first-order chi connectivity index (χ1) is 12.8. The van der Waals surface area contributed by atoms with Crippen molar-refractivity contribution >= 4 is 23.2 Å². The van der Waals surface area contributed by atoms with Crippen molar-refractivity contribution in [1.82, 2.24) is 10.2 Å². The minimum Gasteiger partial charge on any atom is -0.348 e. The maximum absolute atomic E-state index is 12.7. The molecule has 2 amide bonds. The highest BCUT2D eigenvalue weighted by atomic mass is 32.1. The SMILES string of the molecule is O=C(NC1CC2CC1CN2C(=O)c1ccc(C(F)(F)F)cc1)c1cccs1. The number of carbonyl (C=O) groups excluding carboxylic acids is 2. The van der Waals surface area contributed by atoms with Gasteiger partial charge in [-0.25, -0.2) is 0 Å². The number of likely N-dealkylation sites (tertiary alicyclic amines) is 1. The van der Waals surface area contributed by atoms with E-state index in [9.17, 15) is 22.8 Å². The first kappa shape index (κ1) is 18.0. The average Bonchev–Trinajstić information content (AvgIpc) is 3.37. The Hall–Kier alpha value is -2.35. The van der Waals surface area contributed by atoms with Crippen molar-refractivity contribution in [2.75, 3.05) is 6.54 Å². The van der Waals surface area contributed by atoms with E-state index in [1.807, 2.05) is 11.4 Å². The number of piperidine rings is 1. The summed E-state index contributed by atoms with van der Waals surface area (Å²) in [6.07, 6.45) is -2.93. The fraction of sp³-hybridized carbons (Fsp3) is 0.368. The third-order valence-electron chi connectivity index (χ3n) is 5.32. The molecule has 4 nitrogen and oxygen atoms in total. The fourth-order valence-corrected chi connectivity index (χ4v) is 4.62. The van der Waals surface area contributed by atoms with E-state index in [4.69, 9.17) is 0 Å². The lowest BCUT2D eigenvalue weighted by Gasteiger charge is -2.32. The van der Waals surface area contributed by atoms with Crippen molar-refractivity contribution in [3.05, 3.63) is 57.8 Å². The van der Waals surface area contributed by atoms with Gasteiger partial charge in [0.2, 0.25) is 0 Å². The largest absolute Gasteiger partial charge is 0.416 e. The zero-order valence-corrected chi connectivity index (χ0v) is 15.0. The summed E-state index contributed by atoms with van der Waals surface area (Å²) in [5, 5.41) is 4.89. The Balaban J connectivity index is 1.39. The van der Waals surface area contributed by atoms with E-state index in [-0.39, 0.29) is 35.4 Å². The number of benzene rings is 1. The highest BCUT2D eigenvalue weighted by Gasteiger charge is 2.47. The Labute approximate surface area is 158 Å². The first-order valence-corrected chi connectivity index (χ1v) is 9.53. The van der Waals surface area contributed by atoms with Gasteiger partial charge in [0, 0.05) is 24.2 Å². The zero-order chi connectivity index (χ0) is 19.2. The van der Waals surface area contributed by atoms with Gasteiger partial charge in [0.25, 0.3) is 11.8 Å². The molecule has 142 valence electrons. The topological polar surface area (TPSA) is 49.4 Å². The van der Waals surface area contributed by atoms with Gasteiger partial charge in [-0.05, 0) is 54.5 Å². The highest BCUT2D eigenvalue weighted by molar-refractivity contribution is 7.12. The number of rotatable bonds is 3. The van der Waals surface area contributed by atoms with Gasteiger partial charge in [0.05, 0.1) is 10.4 Å². The Morgan fingerprint density at radius 1 is 1.11 bits per heavy atom. The predicted octanol–water partition coefficient (Wildman–Crippen LogP) is 3.80. The van der Waals surface area contributed by atoms with Gasteiger partial charge in [-0.15, -0.1) is 11.3 Å². The molecule has 1 saturated heterocycles. The number of alkyl halides is 3. The van der Waals surface area contributed by atoms with Gasteiger partial charge in [-0.1, -0.05) is 6.07 Å². The number of fused-ring (bicyclic) bond motifs is 2. The number of nitrogens with zero attached hydrogens (tertiary/aromatic N) is 1. The Morgan fingerprint density at radius 3 is 2.41 bits per heavy atom. The van der Waals surface area contributed by atoms with Crippen LogP contribution in [-0.2, 0) is 6.18 Å². The van der Waals surface area contributed by atoms with Crippen molar-refractivity contribution in [1.29, 1.82) is 0 Å². The maximum atomic E-state index is 12.7. The van der Waals surface area contributed by atoms with Crippen molar-refractivity contribution in [2.45, 2.75) is 31.1 Å². The molecule has 2 heterocycles. The Kier molecular flexibility index (Phi) is 4.46. The van der Waals surface area contributed by atoms with E-state index in [1.54, 1.807) is 11.0 Å². The lowest BCUT2D eigenvalue weighted by molar-refractivity contribution is -0.137. The molecule has 1 aliphatic carbocycles. The number of halogens is 3. The minimum atomic E-state index is -4.41. The van der Waals surface area contributed by atoms with Crippen molar-refractivity contribution < 1.29 is 22.8 Å². The molecule has 1 aromatic heterocycles. The summed E-state index contributed by atoms with van der Waals surface area (Å²) in [5.74, 6) is -0.167. The smallest absolute Gasteiger partial charge is 0.348 e. The van der Waals surface area contributed by atoms with Gasteiger partial charge < -0.3 is 10.2 Å². The minimum absolute atomic E-state index is 0.0124. The van der Waals surface area contributed by atoms with Crippen LogP contribution in [-0.4, -0.2) is 35.3 Å². The van der Waals surface area contributed by atoms with Gasteiger partial charge in [0.15, 0.2) is 0 Å². The van der Waals surface area contributed by atoms with Gasteiger partial charge in [-0.3, -0.25) is 9.59 Å². The van der Waals surface area contributed by atoms with Gasteiger partial charge >= 0.3 is 6.18 Å². The quantitative estimate of drug-likeness (QED) is 0.861. The number of carbonyl (C=O) groups is 2. The van der Waals surface area contributed by atoms with E-state index in [0.29, 0.717) is 17.8 Å². The van der Waals surface area contributed by atoms with Crippen LogP contribution in [0.5, 0.6) is 0 Å². The monoisotopic (exact) mass is 394 g/mol. The molecule has 4 rings (SSSR count). The molecule has 27 heavy (non-hydrogen) atoms. The third-order valence-corrected chi connectivity index (χ3v) is 6.19. The predicted molar refractivity (Wildman–Crippen MR) is 94.6 cm³/mol. The second kappa shape index (κ2) is 6.67. The second-order valence-corrected chi connectivity index (χ2v) is 7.92. The molecule has 8 heteroatoms. The van der Waals surface area contributed by atoms with E-state index in [2.05, 4.69) is 5.32 Å². The number of hydrogen-bond acceptors (Lipinski definition) is 3. The van der Waals surface area contributed by atoms with Gasteiger partial charge in [0.1, 0.15) is 0 Å². The molecule has 2 aliphatic rings. The van der Waals surface area contributed by atoms with Crippen molar-refractivity contribution in [3.63, 3.8) is 0 Å². The standard InChI is InChI=1S/C19H17F3N2O2S/c20-19(21,22)13-5-3-11(4-6-13)18(26)24-10-12-8-14(24)9-15(12)23-17(25)16-2-1-7-27-16/h1-7,12,14-15H,8-10H2,(H,23,25). The molecular weight excluding hydrogens is 377 g/mol. The Morgan fingerprint density at radius 2 is 1.85 bits per heavy atom. The van der Waals surface area contributed by atoms with Crippen LogP contribution in [0.2, 0.25) is 0 Å². The Bertz CT molecular complexity index is 849. The van der Waals surface area contributed by atoms with Crippen LogP contribution in [0.4, 0.5) is 13.2 Å². The van der Waals surface area contributed by atoms with Crippen LogP contribution in [0.25, 0.3) is 0 Å². The average molecular weight is 394 g/mol. The first-order valence-electron chi connectivity index (χ1n) is 8.65. The second-order valence-electron chi connectivity index (χ2n) is 6.98. The molecule has 3 atom stereocenters. The summed E-state index contributed by atoms with van der Waals surface area (Å²) < 4.78 is 38.0. The lowest BCUT2D eigenvalue weighted by atomic mass is 10.0. The van der Waals surface area contributed by atoms with Crippen LogP contribution in [0.1, 0.15) is 38.4 Å². The number of thiophene rings is 1. The fourth-order valence-electron chi connectivity index (χ4n) is 3.99. The summed E-state index contributed by atoms with van der Waals surface area (Å²) in [5.41, 5.74) is -0.506. The normalized spacial score (nSPS) is 24.3. The summed E-state index contributed by atoms with van der Waals surface area (Å²) >= 11 is 1.38. The summed E-state index contributed by atoms with van der Waals surface area (Å²) in [4.78, 5) is 27.3. The summed E-state index contributed by atoms with van der Waals surface area (Å²) in [6, 6.07) is 7.97. The molecule has 1 N–H and O–H groups in total. The highest BCUT2D eigenvalue weighted by Crippen LogP contribution is 2.39. The molecular formula is C19H17F3N2O2S. The van der Waals surface area contributed by atoms with Crippen LogP contribution in [0, 0.1) is 5.92 Å². The molecule has 3 unspecified atom stereocenters. The molecule has 1 saturated carbocycles. The molecule has 2 bridgehead atoms. The maximum Gasteiger partial charge on any atom is 0.416 e. The number of nitrogens with one attached hydrogen (secondary N) is 1. The lowest BCUT2D eigenvalue weighted by Crippen LogP contribution is -2.47. The van der Waals surface area contributed by atoms with Crippen LogP contribution in [0.3, 0.4) is 0 Å². The van der Waals surface area contributed by atoms with Crippen molar-refractivity contribution in [2.24, 2.45) is 5.92 Å². The van der Waals surface area contributed by atoms with Crippen LogP contribution in [0.15, 0.2) is 41.8 Å². The molecule has 1 aliphatic heterocycles. The molecule has 1 aromatic carbocycles. The van der Waals surface area contributed by atoms with E-state index >= 15 is 0 Å². The van der Waals surface area contributed by atoms with E-state index < -0.39 is 11.7 Å². The molecule has 2 aromatic rings. The van der Waals surface area contributed by atoms with Gasteiger partial charge in [-0.2, -0.15) is 13.2 Å². The van der Waals surface area contributed by atoms with Crippen molar-refractivity contribution in [3.8, 4) is 0 Å².